The Kier molecular flexibility index (Phi) is 6.55. The normalized spacial score (nSPS) is 11.8. The third kappa shape index (κ3) is 4.67. The number of hydrogen-bond donors (Lipinski definition) is 1. The Balaban J connectivity index is 1.63. The lowest BCUT2D eigenvalue weighted by Gasteiger charge is -2.14. The van der Waals surface area contributed by atoms with E-state index in [1.54, 1.807) is 67.3 Å². The molecule has 32 heavy (non-hydrogen) atoms. The van der Waals surface area contributed by atoms with Crippen LogP contribution in [-0.2, 0) is 11.3 Å². The Hall–Kier alpha value is -3.59. The molecule has 1 N–H and O–H groups in total. The lowest BCUT2D eigenvalue weighted by Crippen LogP contribution is -2.30. The molecule has 0 spiro atoms. The minimum atomic E-state index is -0.497. The number of benzene rings is 2. The minimum absolute atomic E-state index is 0.194. The summed E-state index contributed by atoms with van der Waals surface area (Å²) in [5, 5.41) is 11.3. The molecule has 0 radical (unpaired) electrons. The van der Waals surface area contributed by atoms with Crippen molar-refractivity contribution < 1.29 is 18.3 Å². The summed E-state index contributed by atoms with van der Waals surface area (Å²) < 4.78 is 26.8. The second-order valence-corrected chi connectivity index (χ2v) is 8.19. The molecule has 2 heterocycles. The number of carbonyl (C=O) groups is 1. The van der Waals surface area contributed by atoms with Crippen LogP contribution in [0.4, 0.5) is 4.39 Å². The van der Waals surface area contributed by atoms with Gasteiger partial charge in [0.25, 0.3) is 0 Å². The van der Waals surface area contributed by atoms with Gasteiger partial charge in [0.1, 0.15) is 17.3 Å². The zero-order valence-electron chi connectivity index (χ0n) is 17.5. The summed E-state index contributed by atoms with van der Waals surface area (Å²) >= 11 is 1.20. The first-order chi connectivity index (χ1) is 15.6. The minimum Gasteiger partial charge on any atom is -0.497 e. The molecule has 7 nitrogen and oxygen atoms in total. The number of methoxy groups -OCH3 is 1. The highest BCUT2D eigenvalue weighted by atomic mass is 32.2. The Morgan fingerprint density at radius 3 is 2.62 bits per heavy atom. The largest absolute Gasteiger partial charge is 0.497 e. The molecule has 0 aliphatic heterocycles. The molecular weight excluding hydrogens is 431 g/mol. The Morgan fingerprint density at radius 1 is 1.16 bits per heavy atom. The van der Waals surface area contributed by atoms with Gasteiger partial charge in [-0.1, -0.05) is 23.9 Å². The van der Waals surface area contributed by atoms with Gasteiger partial charge in [0.05, 0.1) is 30.9 Å². The van der Waals surface area contributed by atoms with Gasteiger partial charge >= 0.3 is 0 Å². The fraction of sp³-hybridized carbons (Fsp3) is 0.174. The maximum absolute atomic E-state index is 14.7. The summed E-state index contributed by atoms with van der Waals surface area (Å²) in [6, 6.07) is 17.2. The molecule has 164 valence electrons. The lowest BCUT2D eigenvalue weighted by molar-refractivity contribution is -0.120. The number of amides is 1. The maximum atomic E-state index is 14.7. The predicted molar refractivity (Wildman–Crippen MR) is 119 cm³/mol. The van der Waals surface area contributed by atoms with Gasteiger partial charge in [0.15, 0.2) is 11.0 Å². The van der Waals surface area contributed by atoms with Crippen LogP contribution in [0.15, 0.2) is 76.5 Å². The summed E-state index contributed by atoms with van der Waals surface area (Å²) in [5.74, 6) is 1.21. The van der Waals surface area contributed by atoms with E-state index in [0.29, 0.717) is 28.2 Å². The van der Waals surface area contributed by atoms with Crippen molar-refractivity contribution in [1.82, 2.24) is 20.1 Å². The molecule has 0 aliphatic carbocycles. The summed E-state index contributed by atoms with van der Waals surface area (Å²) in [6.45, 7) is 2.05. The van der Waals surface area contributed by atoms with Crippen LogP contribution in [0.1, 0.15) is 12.7 Å². The average Bonchev–Trinajstić information content (AvgIpc) is 3.48. The Bertz CT molecular complexity index is 1190. The van der Waals surface area contributed by atoms with Crippen molar-refractivity contribution in [3.63, 3.8) is 0 Å². The van der Waals surface area contributed by atoms with Crippen molar-refractivity contribution in [2.75, 3.05) is 7.11 Å². The van der Waals surface area contributed by atoms with Crippen LogP contribution in [0.2, 0.25) is 0 Å². The zero-order chi connectivity index (χ0) is 22.5. The van der Waals surface area contributed by atoms with Crippen molar-refractivity contribution in [2.45, 2.75) is 23.9 Å². The van der Waals surface area contributed by atoms with Crippen molar-refractivity contribution >= 4 is 17.7 Å². The van der Waals surface area contributed by atoms with E-state index in [1.807, 2.05) is 12.1 Å². The smallest absolute Gasteiger partial charge is 0.233 e. The highest BCUT2D eigenvalue weighted by molar-refractivity contribution is 8.00. The summed E-state index contributed by atoms with van der Waals surface area (Å²) in [5.41, 5.74) is 1.04. The van der Waals surface area contributed by atoms with Crippen LogP contribution in [0, 0.1) is 5.82 Å². The monoisotopic (exact) mass is 452 g/mol. The number of rotatable bonds is 8. The van der Waals surface area contributed by atoms with Crippen LogP contribution < -0.4 is 10.1 Å². The van der Waals surface area contributed by atoms with Gasteiger partial charge in [-0.05, 0) is 55.5 Å². The molecule has 1 atom stereocenters. The van der Waals surface area contributed by atoms with Gasteiger partial charge in [-0.2, -0.15) is 0 Å². The van der Waals surface area contributed by atoms with E-state index in [2.05, 4.69) is 15.5 Å². The van der Waals surface area contributed by atoms with Crippen LogP contribution in [-0.4, -0.2) is 33.0 Å². The molecule has 0 saturated heterocycles. The molecule has 0 bridgehead atoms. The first-order valence-corrected chi connectivity index (χ1v) is 10.8. The number of hydrogen-bond acceptors (Lipinski definition) is 6. The zero-order valence-corrected chi connectivity index (χ0v) is 18.3. The number of furan rings is 1. The van der Waals surface area contributed by atoms with Crippen LogP contribution in [0.3, 0.4) is 0 Å². The number of halogens is 1. The first kappa shape index (κ1) is 21.6. The summed E-state index contributed by atoms with van der Waals surface area (Å²) in [4.78, 5) is 12.6. The van der Waals surface area contributed by atoms with E-state index in [-0.39, 0.29) is 12.5 Å². The topological polar surface area (TPSA) is 82.2 Å². The fourth-order valence-corrected chi connectivity index (χ4v) is 3.95. The van der Waals surface area contributed by atoms with Crippen LogP contribution >= 0.6 is 11.8 Å². The molecule has 0 saturated carbocycles. The second kappa shape index (κ2) is 9.69. The predicted octanol–water partition coefficient (Wildman–Crippen LogP) is 4.47. The molecular formula is C23H21FN4O3S. The molecule has 4 aromatic rings. The van der Waals surface area contributed by atoms with Crippen molar-refractivity contribution in [3.8, 4) is 22.8 Å². The molecule has 2 aromatic carbocycles. The summed E-state index contributed by atoms with van der Waals surface area (Å²) in [6.07, 6.45) is 1.55. The number of nitrogens with zero attached hydrogens (tertiary/aromatic N) is 3. The standard InChI is InChI=1S/C23H21FN4O3S/c1-15(22(29)25-14-18-6-5-13-31-18)32-23-27-26-21(16-9-11-17(30-2)12-10-16)28(23)20-8-4-3-7-19(20)24/h3-13,15H,14H2,1-2H3,(H,25,29). The Morgan fingerprint density at radius 2 is 1.94 bits per heavy atom. The van der Waals surface area contributed by atoms with Gasteiger partial charge in [0.2, 0.25) is 5.91 Å². The number of carbonyl (C=O) groups excluding carboxylic acids is 1. The molecule has 4 rings (SSSR count). The highest BCUT2D eigenvalue weighted by Gasteiger charge is 2.23. The molecule has 1 amide bonds. The van der Waals surface area contributed by atoms with E-state index < -0.39 is 11.1 Å². The number of ether oxygens (including phenoxy) is 1. The highest BCUT2D eigenvalue weighted by Crippen LogP contribution is 2.31. The van der Waals surface area contributed by atoms with Crippen molar-refractivity contribution in [3.05, 3.63) is 78.5 Å². The van der Waals surface area contributed by atoms with Crippen LogP contribution in [0.25, 0.3) is 17.1 Å². The van der Waals surface area contributed by atoms with Crippen molar-refractivity contribution in [1.29, 1.82) is 0 Å². The third-order valence-electron chi connectivity index (χ3n) is 4.74. The van der Waals surface area contributed by atoms with E-state index >= 15 is 0 Å². The number of para-hydroxylation sites is 1. The quantitative estimate of drug-likeness (QED) is 0.397. The van der Waals surface area contributed by atoms with E-state index in [4.69, 9.17) is 9.15 Å². The van der Waals surface area contributed by atoms with Gasteiger partial charge in [-0.3, -0.25) is 9.36 Å². The first-order valence-electron chi connectivity index (χ1n) is 9.88. The molecule has 9 heteroatoms. The number of aromatic nitrogens is 3. The maximum Gasteiger partial charge on any atom is 0.233 e. The number of thioether (sulfide) groups is 1. The van der Waals surface area contributed by atoms with Crippen LogP contribution in [0.5, 0.6) is 5.75 Å². The van der Waals surface area contributed by atoms with Crippen molar-refractivity contribution in [2.24, 2.45) is 0 Å². The summed E-state index contributed by atoms with van der Waals surface area (Å²) in [7, 11) is 1.59. The van der Waals surface area contributed by atoms with E-state index in [1.165, 1.54) is 17.8 Å². The second-order valence-electron chi connectivity index (χ2n) is 6.88. The van der Waals surface area contributed by atoms with Gasteiger partial charge < -0.3 is 14.5 Å². The van der Waals surface area contributed by atoms with E-state index in [9.17, 15) is 9.18 Å². The van der Waals surface area contributed by atoms with E-state index in [0.717, 1.165) is 5.56 Å². The SMILES string of the molecule is COc1ccc(-c2nnc(SC(C)C(=O)NCc3ccco3)n2-c2ccccc2F)cc1. The third-order valence-corrected chi connectivity index (χ3v) is 5.79. The molecule has 0 fully saturated rings. The molecule has 2 aromatic heterocycles. The fourth-order valence-electron chi connectivity index (χ4n) is 3.07. The lowest BCUT2D eigenvalue weighted by atomic mass is 10.2. The van der Waals surface area contributed by atoms with Gasteiger partial charge in [-0.15, -0.1) is 10.2 Å². The molecule has 1 unspecified atom stereocenters. The Labute approximate surface area is 188 Å². The molecule has 0 aliphatic rings. The number of nitrogens with one attached hydrogen (secondary N) is 1. The average molecular weight is 453 g/mol. The van der Waals surface area contributed by atoms with Gasteiger partial charge in [-0.25, -0.2) is 4.39 Å². The van der Waals surface area contributed by atoms with Gasteiger partial charge in [0, 0.05) is 5.56 Å².